The van der Waals surface area contributed by atoms with Crippen molar-refractivity contribution in [3.63, 3.8) is 0 Å². The van der Waals surface area contributed by atoms with Gasteiger partial charge in [-0.3, -0.25) is 4.79 Å². The van der Waals surface area contributed by atoms with Gasteiger partial charge in [-0.25, -0.2) is 0 Å². The Labute approximate surface area is 131 Å². The van der Waals surface area contributed by atoms with E-state index in [2.05, 4.69) is 50.4 Å². The highest BCUT2D eigenvalue weighted by atomic mass is 32.2. The number of hydrogen-bond acceptors (Lipinski definition) is 2. The van der Waals surface area contributed by atoms with Crippen molar-refractivity contribution in [3.05, 3.63) is 58.7 Å². The number of nitrogens with one attached hydrogen (secondary N) is 1. The first-order chi connectivity index (χ1) is 9.97. The molecule has 0 spiro atoms. The van der Waals surface area contributed by atoms with Crippen LogP contribution in [0.25, 0.3) is 0 Å². The minimum absolute atomic E-state index is 0.0367. The van der Waals surface area contributed by atoms with E-state index in [-0.39, 0.29) is 5.91 Å². The maximum absolute atomic E-state index is 12.1. The second-order valence-electron chi connectivity index (χ2n) is 5.35. The lowest BCUT2D eigenvalue weighted by Crippen LogP contribution is -2.15. The van der Waals surface area contributed by atoms with Crippen LogP contribution in [0.5, 0.6) is 0 Å². The topological polar surface area (TPSA) is 29.1 Å². The molecule has 2 rings (SSSR count). The fourth-order valence-electron chi connectivity index (χ4n) is 2.08. The highest BCUT2D eigenvalue weighted by Crippen LogP contribution is 2.24. The Balaban J connectivity index is 1.99. The second-order valence-corrected chi connectivity index (χ2v) is 6.37. The molecular weight excluding hydrogens is 278 g/mol. The predicted octanol–water partition coefficient (Wildman–Crippen LogP) is 4.65. The average Bonchev–Trinajstić information content (AvgIpc) is 2.45. The van der Waals surface area contributed by atoms with Crippen LogP contribution in [0, 0.1) is 27.7 Å². The maximum atomic E-state index is 12.1. The lowest BCUT2D eigenvalue weighted by Gasteiger charge is -2.11. The van der Waals surface area contributed by atoms with Gasteiger partial charge in [0.05, 0.1) is 5.75 Å². The van der Waals surface area contributed by atoms with Gasteiger partial charge >= 0.3 is 0 Å². The third-order valence-electron chi connectivity index (χ3n) is 3.58. The van der Waals surface area contributed by atoms with Crippen molar-refractivity contribution in [2.45, 2.75) is 32.6 Å². The number of rotatable bonds is 4. The molecule has 110 valence electrons. The molecule has 0 saturated heterocycles. The normalized spacial score (nSPS) is 10.5. The third kappa shape index (κ3) is 4.11. The van der Waals surface area contributed by atoms with Crippen molar-refractivity contribution in [1.82, 2.24) is 0 Å². The van der Waals surface area contributed by atoms with Crippen molar-refractivity contribution in [1.29, 1.82) is 0 Å². The van der Waals surface area contributed by atoms with Crippen LogP contribution in [-0.2, 0) is 4.79 Å². The van der Waals surface area contributed by atoms with E-state index in [0.717, 1.165) is 11.3 Å². The largest absolute Gasteiger partial charge is 0.325 e. The Morgan fingerprint density at radius 1 is 1.05 bits per heavy atom. The van der Waals surface area contributed by atoms with Gasteiger partial charge in [0.1, 0.15) is 0 Å². The van der Waals surface area contributed by atoms with Crippen LogP contribution in [0.3, 0.4) is 0 Å². The predicted molar refractivity (Wildman–Crippen MR) is 91.2 cm³/mol. The van der Waals surface area contributed by atoms with Crippen molar-refractivity contribution in [2.75, 3.05) is 11.1 Å². The number of thioether (sulfide) groups is 1. The summed E-state index contributed by atoms with van der Waals surface area (Å²) in [5.74, 6) is 0.465. The number of aryl methyl sites for hydroxylation is 3. The number of hydrogen-bond donors (Lipinski definition) is 1. The molecule has 0 fully saturated rings. The molecule has 1 amide bonds. The van der Waals surface area contributed by atoms with Crippen molar-refractivity contribution in [2.24, 2.45) is 0 Å². The highest BCUT2D eigenvalue weighted by molar-refractivity contribution is 8.00. The van der Waals surface area contributed by atoms with E-state index in [1.165, 1.54) is 21.6 Å². The molecule has 0 saturated carbocycles. The summed E-state index contributed by atoms with van der Waals surface area (Å²) in [5.41, 5.74) is 5.65. The summed E-state index contributed by atoms with van der Waals surface area (Å²) in [4.78, 5) is 13.3. The second kappa shape index (κ2) is 6.81. The average molecular weight is 299 g/mol. The molecule has 0 heterocycles. The van der Waals surface area contributed by atoms with Crippen molar-refractivity contribution >= 4 is 23.4 Å². The van der Waals surface area contributed by atoms with Gasteiger partial charge in [-0.2, -0.15) is 0 Å². The van der Waals surface area contributed by atoms with E-state index in [9.17, 15) is 4.79 Å². The van der Waals surface area contributed by atoms with Gasteiger partial charge in [-0.05, 0) is 56.5 Å². The van der Waals surface area contributed by atoms with E-state index in [4.69, 9.17) is 0 Å². The van der Waals surface area contributed by atoms with E-state index >= 15 is 0 Å². The Hall–Kier alpha value is -1.74. The van der Waals surface area contributed by atoms with Crippen LogP contribution in [0.4, 0.5) is 5.69 Å². The van der Waals surface area contributed by atoms with Crippen LogP contribution < -0.4 is 5.32 Å². The number of anilines is 1. The molecule has 21 heavy (non-hydrogen) atoms. The molecule has 2 aromatic rings. The van der Waals surface area contributed by atoms with Crippen LogP contribution in [0.2, 0.25) is 0 Å². The molecule has 0 radical (unpaired) electrons. The molecular formula is C18H21NOS. The van der Waals surface area contributed by atoms with Gasteiger partial charge in [0.25, 0.3) is 0 Å². The summed E-state index contributed by atoms with van der Waals surface area (Å²) < 4.78 is 0. The van der Waals surface area contributed by atoms with Gasteiger partial charge in [0.2, 0.25) is 5.91 Å². The monoisotopic (exact) mass is 299 g/mol. The quantitative estimate of drug-likeness (QED) is 0.833. The standard InChI is InChI=1S/C18H21NOS/c1-12-8-9-14(3)17(10-12)21-11-18(20)19-16-7-5-6-13(2)15(16)4/h5-10H,11H2,1-4H3,(H,19,20). The van der Waals surface area contributed by atoms with E-state index in [1.807, 2.05) is 19.1 Å². The molecule has 0 aromatic heterocycles. The molecule has 1 N–H and O–H groups in total. The SMILES string of the molecule is Cc1ccc(C)c(SCC(=O)Nc2cccc(C)c2C)c1. The number of carbonyl (C=O) groups excluding carboxylic acids is 1. The van der Waals surface area contributed by atoms with Crippen molar-refractivity contribution in [3.8, 4) is 0 Å². The number of benzene rings is 2. The molecule has 0 atom stereocenters. The van der Waals surface area contributed by atoms with Crippen molar-refractivity contribution < 1.29 is 4.79 Å². The first kappa shape index (κ1) is 15.6. The summed E-state index contributed by atoms with van der Waals surface area (Å²) >= 11 is 1.59. The lowest BCUT2D eigenvalue weighted by atomic mass is 10.1. The summed E-state index contributed by atoms with van der Waals surface area (Å²) in [6.45, 7) is 8.22. The molecule has 0 bridgehead atoms. The minimum Gasteiger partial charge on any atom is -0.325 e. The fourth-order valence-corrected chi connectivity index (χ4v) is 3.00. The van der Waals surface area contributed by atoms with Crippen LogP contribution >= 0.6 is 11.8 Å². The lowest BCUT2D eigenvalue weighted by molar-refractivity contribution is -0.113. The summed E-state index contributed by atoms with van der Waals surface area (Å²) in [5, 5.41) is 3.00. The zero-order chi connectivity index (χ0) is 15.4. The molecule has 3 heteroatoms. The highest BCUT2D eigenvalue weighted by Gasteiger charge is 2.08. The third-order valence-corrected chi connectivity index (χ3v) is 4.74. The van der Waals surface area contributed by atoms with Gasteiger partial charge in [0.15, 0.2) is 0 Å². The van der Waals surface area contributed by atoms with Gasteiger partial charge < -0.3 is 5.32 Å². The Morgan fingerprint density at radius 2 is 1.81 bits per heavy atom. The molecule has 0 aliphatic carbocycles. The molecule has 0 aliphatic rings. The van der Waals surface area contributed by atoms with Gasteiger partial charge in [-0.15, -0.1) is 11.8 Å². The van der Waals surface area contributed by atoms with Crippen LogP contribution in [0.1, 0.15) is 22.3 Å². The van der Waals surface area contributed by atoms with Gasteiger partial charge in [0, 0.05) is 10.6 Å². The minimum atomic E-state index is 0.0367. The van der Waals surface area contributed by atoms with Crippen LogP contribution in [0.15, 0.2) is 41.3 Å². The Bertz CT molecular complexity index is 664. The molecule has 0 unspecified atom stereocenters. The van der Waals surface area contributed by atoms with Crippen LogP contribution in [-0.4, -0.2) is 11.7 Å². The van der Waals surface area contributed by atoms with E-state index < -0.39 is 0 Å². The zero-order valence-corrected chi connectivity index (χ0v) is 13.8. The first-order valence-electron chi connectivity index (χ1n) is 7.03. The summed E-state index contributed by atoms with van der Waals surface area (Å²) in [6.07, 6.45) is 0. The first-order valence-corrected chi connectivity index (χ1v) is 8.02. The molecule has 2 nitrogen and oxygen atoms in total. The number of carbonyl (C=O) groups is 1. The Kier molecular flexibility index (Phi) is 5.07. The maximum Gasteiger partial charge on any atom is 0.234 e. The smallest absolute Gasteiger partial charge is 0.234 e. The van der Waals surface area contributed by atoms with E-state index in [0.29, 0.717) is 5.75 Å². The Morgan fingerprint density at radius 3 is 2.57 bits per heavy atom. The fraction of sp³-hybridized carbons (Fsp3) is 0.278. The zero-order valence-electron chi connectivity index (χ0n) is 13.0. The summed E-state index contributed by atoms with van der Waals surface area (Å²) in [7, 11) is 0. The van der Waals surface area contributed by atoms with E-state index in [1.54, 1.807) is 11.8 Å². The van der Waals surface area contributed by atoms with Gasteiger partial charge in [-0.1, -0.05) is 29.8 Å². The molecule has 0 aliphatic heterocycles. The molecule has 2 aromatic carbocycles. The summed E-state index contributed by atoms with van der Waals surface area (Å²) in [6, 6.07) is 12.3. The number of amides is 1.